The van der Waals surface area contributed by atoms with Gasteiger partial charge < -0.3 is 18.8 Å². The van der Waals surface area contributed by atoms with Crippen molar-refractivity contribution in [1.82, 2.24) is 4.90 Å². The summed E-state index contributed by atoms with van der Waals surface area (Å²) in [6.45, 7) is -0.261. The van der Waals surface area contributed by atoms with Crippen LogP contribution in [0.2, 0.25) is 0 Å². The molecule has 1 aromatic heterocycles. The molecule has 1 aromatic carbocycles. The van der Waals surface area contributed by atoms with E-state index in [0.717, 1.165) is 0 Å². The van der Waals surface area contributed by atoms with Gasteiger partial charge in [-0.2, -0.15) is 0 Å². The van der Waals surface area contributed by atoms with Crippen LogP contribution < -0.4 is 4.90 Å². The van der Waals surface area contributed by atoms with Crippen LogP contribution in [0.5, 0.6) is 0 Å². The Kier molecular flexibility index (Phi) is 4.37. The quantitative estimate of drug-likeness (QED) is 0.722. The fraction of sp³-hybridized carbons (Fsp3) is 0.300. The Morgan fingerprint density at radius 3 is 2.69 bits per heavy atom. The Balaban J connectivity index is 1.63. The molecule has 29 heavy (non-hydrogen) atoms. The van der Waals surface area contributed by atoms with Gasteiger partial charge in [0.05, 0.1) is 18.4 Å². The van der Waals surface area contributed by atoms with E-state index in [1.165, 1.54) is 36.1 Å². The number of likely N-dealkylation sites (N-methyl/N-ethyl adjacent to an activating group) is 1. The van der Waals surface area contributed by atoms with Crippen LogP contribution in [-0.4, -0.2) is 48.5 Å². The normalized spacial score (nSPS) is 20.3. The maximum absolute atomic E-state index is 13.1. The van der Waals surface area contributed by atoms with Crippen LogP contribution in [0, 0.1) is 0 Å². The topological polar surface area (TPSA) is 106 Å². The summed E-state index contributed by atoms with van der Waals surface area (Å²) >= 11 is 0. The summed E-state index contributed by atoms with van der Waals surface area (Å²) in [5, 5.41) is 0. The highest BCUT2D eigenvalue weighted by molar-refractivity contribution is 6.15. The number of carbonyl (C=O) groups is 4. The summed E-state index contributed by atoms with van der Waals surface area (Å²) < 4.78 is 15.3. The zero-order chi connectivity index (χ0) is 20.8. The van der Waals surface area contributed by atoms with Gasteiger partial charge in [-0.05, 0) is 24.3 Å². The second-order valence-electron chi connectivity index (χ2n) is 6.76. The first kappa shape index (κ1) is 18.7. The molecule has 1 fully saturated rings. The van der Waals surface area contributed by atoms with Gasteiger partial charge in [0.15, 0.2) is 0 Å². The first-order valence-electron chi connectivity index (χ1n) is 8.94. The van der Waals surface area contributed by atoms with Gasteiger partial charge in [-0.15, -0.1) is 0 Å². The molecular formula is C20H18N2O7. The van der Waals surface area contributed by atoms with Gasteiger partial charge in [-0.1, -0.05) is 12.1 Å². The zero-order valence-electron chi connectivity index (χ0n) is 15.8. The molecule has 4 rings (SSSR count). The molecule has 0 radical (unpaired) electrons. The lowest BCUT2D eigenvalue weighted by Gasteiger charge is -2.46. The molecule has 0 bridgehead atoms. The lowest BCUT2D eigenvalue weighted by molar-refractivity contribution is -0.158. The molecule has 1 atom stereocenters. The summed E-state index contributed by atoms with van der Waals surface area (Å²) in [4.78, 5) is 52.7. The molecule has 0 aliphatic carbocycles. The lowest BCUT2D eigenvalue weighted by Crippen LogP contribution is -2.67. The summed E-state index contributed by atoms with van der Waals surface area (Å²) in [5.74, 6) is -1.81. The van der Waals surface area contributed by atoms with Gasteiger partial charge in [0.1, 0.15) is 12.4 Å². The van der Waals surface area contributed by atoms with Gasteiger partial charge in [0.25, 0.3) is 5.91 Å². The van der Waals surface area contributed by atoms with Crippen LogP contribution in [0.3, 0.4) is 0 Å². The Hall–Kier alpha value is -3.62. The summed E-state index contributed by atoms with van der Waals surface area (Å²) in [7, 11) is 2.70. The molecule has 2 aliphatic rings. The number of hydrogen-bond donors (Lipinski definition) is 0. The van der Waals surface area contributed by atoms with E-state index in [4.69, 9.17) is 9.15 Å². The molecule has 9 nitrogen and oxygen atoms in total. The highest BCUT2D eigenvalue weighted by atomic mass is 16.6. The summed E-state index contributed by atoms with van der Waals surface area (Å²) in [6, 6.07) is 9.56. The van der Waals surface area contributed by atoms with E-state index < -0.39 is 17.6 Å². The standard InChI is InChI=1S/C20H18N2O7/c1-21-17(24)13-5-3-4-6-14(13)22-16(23)9-10-20(21,22)19(26)28-11-12-7-8-15(29-12)18(25)27-2/h3-8H,9-11H2,1-2H3/t20-/m0/s1. The molecule has 0 N–H and O–H groups in total. The first-order chi connectivity index (χ1) is 13.9. The number of ether oxygens (including phenoxy) is 2. The van der Waals surface area contributed by atoms with Gasteiger partial charge in [-0.25, -0.2) is 9.59 Å². The van der Waals surface area contributed by atoms with Gasteiger partial charge in [-0.3, -0.25) is 14.5 Å². The van der Waals surface area contributed by atoms with Crippen LogP contribution in [-0.2, 0) is 25.7 Å². The van der Waals surface area contributed by atoms with Crippen LogP contribution in [0.4, 0.5) is 5.69 Å². The maximum atomic E-state index is 13.1. The van der Waals surface area contributed by atoms with E-state index >= 15 is 0 Å². The molecular weight excluding hydrogens is 380 g/mol. The Morgan fingerprint density at radius 1 is 1.17 bits per heavy atom. The predicted molar refractivity (Wildman–Crippen MR) is 97.8 cm³/mol. The first-order valence-corrected chi connectivity index (χ1v) is 8.94. The molecule has 1 saturated heterocycles. The molecule has 9 heteroatoms. The molecule has 0 saturated carbocycles. The van der Waals surface area contributed by atoms with E-state index in [-0.39, 0.29) is 42.8 Å². The third kappa shape index (κ3) is 2.69. The average Bonchev–Trinajstić information content (AvgIpc) is 3.35. The third-order valence-electron chi connectivity index (χ3n) is 5.26. The Morgan fingerprint density at radius 2 is 1.93 bits per heavy atom. The van der Waals surface area contributed by atoms with Crippen molar-refractivity contribution >= 4 is 29.4 Å². The van der Waals surface area contributed by atoms with Crippen molar-refractivity contribution in [3.63, 3.8) is 0 Å². The second-order valence-corrected chi connectivity index (χ2v) is 6.76. The Bertz CT molecular complexity index is 1030. The molecule has 150 valence electrons. The number of hydrogen-bond acceptors (Lipinski definition) is 7. The van der Waals surface area contributed by atoms with Crippen LogP contribution in [0.15, 0.2) is 40.8 Å². The molecule has 0 spiro atoms. The monoisotopic (exact) mass is 398 g/mol. The number of furan rings is 1. The van der Waals surface area contributed by atoms with Gasteiger partial charge >= 0.3 is 11.9 Å². The largest absolute Gasteiger partial charge is 0.463 e. The number of benzene rings is 1. The van der Waals surface area contributed by atoms with E-state index in [9.17, 15) is 19.2 Å². The number of esters is 2. The second kappa shape index (κ2) is 6.77. The van der Waals surface area contributed by atoms with E-state index in [1.807, 2.05) is 0 Å². The van der Waals surface area contributed by atoms with Crippen LogP contribution in [0.25, 0.3) is 0 Å². The third-order valence-corrected chi connectivity index (χ3v) is 5.26. The number of nitrogens with zero attached hydrogens (tertiary/aromatic N) is 2. The van der Waals surface area contributed by atoms with Crippen molar-refractivity contribution in [3.8, 4) is 0 Å². The zero-order valence-corrected chi connectivity index (χ0v) is 15.8. The number of para-hydroxylation sites is 1. The smallest absolute Gasteiger partial charge is 0.373 e. The van der Waals surface area contributed by atoms with Crippen molar-refractivity contribution in [2.45, 2.75) is 25.1 Å². The van der Waals surface area contributed by atoms with E-state index in [1.54, 1.807) is 24.3 Å². The van der Waals surface area contributed by atoms with Crippen molar-refractivity contribution in [1.29, 1.82) is 0 Å². The van der Waals surface area contributed by atoms with Crippen LogP contribution >= 0.6 is 0 Å². The molecule has 3 heterocycles. The minimum atomic E-state index is -1.56. The van der Waals surface area contributed by atoms with E-state index in [2.05, 4.69) is 4.74 Å². The summed E-state index contributed by atoms with van der Waals surface area (Å²) in [5.41, 5.74) is -0.816. The van der Waals surface area contributed by atoms with Crippen molar-refractivity contribution in [2.75, 3.05) is 19.1 Å². The SMILES string of the molecule is COC(=O)c1ccc(COC(=O)[C@]23CCC(=O)N2c2ccccc2C(=O)N3C)o1. The number of anilines is 1. The molecule has 2 aliphatic heterocycles. The predicted octanol–water partition coefficient (Wildman–Crippen LogP) is 1.72. The highest BCUT2D eigenvalue weighted by Crippen LogP contribution is 2.44. The number of methoxy groups -OCH3 is 1. The molecule has 0 unspecified atom stereocenters. The number of fused-ring (bicyclic) bond motifs is 3. The average molecular weight is 398 g/mol. The van der Waals surface area contributed by atoms with Crippen molar-refractivity contribution in [2.24, 2.45) is 0 Å². The van der Waals surface area contributed by atoms with Gasteiger partial charge in [0, 0.05) is 19.9 Å². The maximum Gasteiger partial charge on any atom is 0.373 e. The Labute approximate surface area is 165 Å². The summed E-state index contributed by atoms with van der Waals surface area (Å²) in [6.07, 6.45) is 0.223. The fourth-order valence-corrected chi connectivity index (χ4v) is 3.81. The minimum Gasteiger partial charge on any atom is -0.463 e. The number of carbonyl (C=O) groups excluding carboxylic acids is 4. The van der Waals surface area contributed by atoms with E-state index in [0.29, 0.717) is 11.3 Å². The minimum absolute atomic E-state index is 0.0201. The van der Waals surface area contributed by atoms with Gasteiger partial charge in [0.2, 0.25) is 17.3 Å². The fourth-order valence-electron chi connectivity index (χ4n) is 3.81. The number of rotatable bonds is 4. The van der Waals surface area contributed by atoms with Crippen molar-refractivity contribution < 1.29 is 33.1 Å². The molecule has 2 aromatic rings. The lowest BCUT2D eigenvalue weighted by atomic mass is 9.97. The van der Waals surface area contributed by atoms with Crippen molar-refractivity contribution in [3.05, 3.63) is 53.5 Å². The highest BCUT2D eigenvalue weighted by Gasteiger charge is 2.60. The molecule has 2 amide bonds. The number of amides is 2. The van der Waals surface area contributed by atoms with Crippen LogP contribution in [0.1, 0.15) is 39.5 Å².